The van der Waals surface area contributed by atoms with E-state index in [-0.39, 0.29) is 23.4 Å². The van der Waals surface area contributed by atoms with Gasteiger partial charge in [-0.15, -0.1) is 0 Å². The summed E-state index contributed by atoms with van der Waals surface area (Å²) in [5.74, 6) is -0.134. The molecule has 9 nitrogen and oxygen atoms in total. The van der Waals surface area contributed by atoms with Crippen molar-refractivity contribution in [1.82, 2.24) is 25.1 Å². The van der Waals surface area contributed by atoms with Crippen LogP contribution in [0.15, 0.2) is 65.5 Å². The third-order valence-electron chi connectivity index (χ3n) is 6.80. The summed E-state index contributed by atoms with van der Waals surface area (Å²) in [5.41, 5.74) is 3.49. The number of aromatic amines is 2. The number of nitrogens with one attached hydrogen (secondary N) is 2. The summed E-state index contributed by atoms with van der Waals surface area (Å²) < 4.78 is 15.0. The molecule has 0 atom stereocenters. The number of aromatic nitrogens is 4. The number of carboxylic acid groups (broad SMARTS) is 1. The average molecular weight is 499 g/mol. The molecule has 3 aromatic carbocycles. The highest BCUT2D eigenvalue weighted by molar-refractivity contribution is 5.90. The summed E-state index contributed by atoms with van der Waals surface area (Å²) >= 11 is 0. The molecule has 1 amide bonds. The highest BCUT2D eigenvalue weighted by Gasteiger charge is 2.35. The van der Waals surface area contributed by atoms with E-state index in [1.807, 2.05) is 24.1 Å². The Morgan fingerprint density at radius 3 is 2.68 bits per heavy atom. The number of hydrogen-bond donors (Lipinski definition) is 3. The number of imidazole rings is 1. The Morgan fingerprint density at radius 1 is 1.14 bits per heavy atom. The first-order valence-electron chi connectivity index (χ1n) is 11.8. The van der Waals surface area contributed by atoms with E-state index in [2.05, 4.69) is 20.2 Å². The monoisotopic (exact) mass is 498 g/mol. The van der Waals surface area contributed by atoms with Gasteiger partial charge in [0.25, 0.3) is 5.56 Å². The van der Waals surface area contributed by atoms with E-state index in [1.165, 1.54) is 11.0 Å². The van der Waals surface area contributed by atoms with Crippen LogP contribution in [0.5, 0.6) is 0 Å². The molecule has 0 radical (unpaired) electrons. The van der Waals surface area contributed by atoms with Crippen molar-refractivity contribution in [2.75, 3.05) is 25.0 Å². The number of nitrogens with zero attached hydrogens (tertiary/aromatic N) is 4. The van der Waals surface area contributed by atoms with E-state index in [0.717, 1.165) is 10.9 Å². The Labute approximate surface area is 210 Å². The van der Waals surface area contributed by atoms with E-state index in [9.17, 15) is 19.1 Å². The molecule has 10 heteroatoms. The van der Waals surface area contributed by atoms with Crippen LogP contribution in [0.2, 0.25) is 0 Å². The molecule has 0 aliphatic carbocycles. The molecular formula is C27H23FN6O3. The third-order valence-corrected chi connectivity index (χ3v) is 6.80. The molecule has 0 bridgehead atoms. The molecule has 3 heterocycles. The molecule has 1 saturated heterocycles. The van der Waals surface area contributed by atoms with Crippen LogP contribution >= 0.6 is 0 Å². The molecule has 1 aliphatic rings. The number of amides is 1. The number of likely N-dealkylation sites (N-methyl/N-ethyl adjacent to an activating group) is 1. The fourth-order valence-corrected chi connectivity index (χ4v) is 4.93. The molecule has 0 saturated carbocycles. The van der Waals surface area contributed by atoms with Gasteiger partial charge in [0.1, 0.15) is 5.82 Å². The van der Waals surface area contributed by atoms with Gasteiger partial charge in [-0.3, -0.25) is 4.79 Å². The number of carbonyl (C=O) groups is 1. The lowest BCUT2D eigenvalue weighted by Crippen LogP contribution is -2.59. The van der Waals surface area contributed by atoms with Crippen molar-refractivity contribution in [1.29, 1.82) is 0 Å². The van der Waals surface area contributed by atoms with Crippen LogP contribution in [-0.4, -0.2) is 62.4 Å². The topological polar surface area (TPSA) is 118 Å². The normalized spacial score (nSPS) is 14.2. The minimum absolute atomic E-state index is 0.172. The lowest BCUT2D eigenvalue weighted by molar-refractivity contribution is 0.160. The second-order valence-electron chi connectivity index (χ2n) is 9.36. The van der Waals surface area contributed by atoms with Gasteiger partial charge in [-0.2, -0.15) is 5.10 Å². The number of rotatable bonds is 5. The van der Waals surface area contributed by atoms with Gasteiger partial charge in [0.05, 0.1) is 28.2 Å². The van der Waals surface area contributed by atoms with E-state index in [1.54, 1.807) is 42.5 Å². The van der Waals surface area contributed by atoms with Gasteiger partial charge < -0.3 is 15.0 Å². The number of halogens is 1. The van der Waals surface area contributed by atoms with Crippen LogP contribution in [0.25, 0.3) is 32.9 Å². The molecule has 0 unspecified atom stereocenters. The molecule has 186 valence electrons. The maximum Gasteiger partial charge on any atom is 0.414 e. The fraction of sp³-hybridized carbons (Fsp3) is 0.185. The van der Waals surface area contributed by atoms with Gasteiger partial charge in [0, 0.05) is 30.5 Å². The highest BCUT2D eigenvalue weighted by atomic mass is 19.1. The number of H-pyrrole nitrogens is 2. The van der Waals surface area contributed by atoms with Crippen molar-refractivity contribution < 1.29 is 14.3 Å². The summed E-state index contributed by atoms with van der Waals surface area (Å²) in [6.45, 7) is 1.26. The van der Waals surface area contributed by atoms with E-state index in [0.29, 0.717) is 52.8 Å². The molecule has 6 rings (SSSR count). The first-order chi connectivity index (χ1) is 17.9. The molecule has 5 aromatic rings. The molecular weight excluding hydrogens is 475 g/mol. The summed E-state index contributed by atoms with van der Waals surface area (Å²) in [5, 5.41) is 17.8. The quantitative estimate of drug-likeness (QED) is 0.337. The lowest BCUT2D eigenvalue weighted by Gasteiger charge is -2.40. The number of benzene rings is 3. The number of anilines is 1. The van der Waals surface area contributed by atoms with Crippen LogP contribution < -0.4 is 10.5 Å². The lowest BCUT2D eigenvalue weighted by atomic mass is 9.98. The smallest absolute Gasteiger partial charge is 0.414 e. The van der Waals surface area contributed by atoms with Gasteiger partial charge in [-0.1, -0.05) is 30.3 Å². The Bertz CT molecular complexity index is 1720. The summed E-state index contributed by atoms with van der Waals surface area (Å²) in [7, 11) is 1.93. The fourth-order valence-electron chi connectivity index (χ4n) is 4.93. The summed E-state index contributed by atoms with van der Waals surface area (Å²) in [4.78, 5) is 34.9. The zero-order chi connectivity index (χ0) is 25.7. The van der Waals surface area contributed by atoms with E-state index < -0.39 is 6.09 Å². The van der Waals surface area contributed by atoms with Crippen molar-refractivity contribution in [2.45, 2.75) is 12.5 Å². The number of likely N-dealkylation sites (tertiary alicyclic amines) is 1. The third kappa shape index (κ3) is 4.11. The molecule has 1 aliphatic heterocycles. The Hall–Kier alpha value is -4.57. The van der Waals surface area contributed by atoms with Crippen molar-refractivity contribution in [2.24, 2.45) is 0 Å². The van der Waals surface area contributed by atoms with Gasteiger partial charge in [-0.05, 0) is 48.5 Å². The SMILES string of the molecule is CN1CC(N(C(=O)O)c2nc3cc(-c4cc(Cc5n[nH]c(=O)c6ccccc56)ccc4F)ccc3[nH]2)C1. The zero-order valence-electron chi connectivity index (χ0n) is 19.9. The van der Waals surface area contributed by atoms with Crippen molar-refractivity contribution in [3.05, 3.63) is 88.1 Å². The second-order valence-corrected chi connectivity index (χ2v) is 9.36. The molecule has 0 spiro atoms. The predicted molar refractivity (Wildman–Crippen MR) is 138 cm³/mol. The van der Waals surface area contributed by atoms with Crippen molar-refractivity contribution in [3.8, 4) is 11.1 Å². The summed E-state index contributed by atoms with van der Waals surface area (Å²) in [6, 6.07) is 17.3. The number of hydrogen-bond acceptors (Lipinski definition) is 5. The predicted octanol–water partition coefficient (Wildman–Crippen LogP) is 3.99. The largest absolute Gasteiger partial charge is 0.465 e. The van der Waals surface area contributed by atoms with E-state index in [4.69, 9.17) is 0 Å². The maximum absolute atomic E-state index is 15.0. The van der Waals surface area contributed by atoms with Crippen LogP contribution in [0, 0.1) is 5.82 Å². The second kappa shape index (κ2) is 8.82. The van der Waals surface area contributed by atoms with Crippen LogP contribution in [0.4, 0.5) is 15.1 Å². The van der Waals surface area contributed by atoms with Crippen LogP contribution in [0.1, 0.15) is 11.3 Å². The first-order valence-corrected chi connectivity index (χ1v) is 11.8. The van der Waals surface area contributed by atoms with Gasteiger partial charge >= 0.3 is 6.09 Å². The van der Waals surface area contributed by atoms with Crippen molar-refractivity contribution >= 4 is 33.8 Å². The maximum atomic E-state index is 15.0. The summed E-state index contributed by atoms with van der Waals surface area (Å²) in [6.07, 6.45) is -0.664. The van der Waals surface area contributed by atoms with E-state index >= 15 is 0 Å². The van der Waals surface area contributed by atoms with Crippen LogP contribution in [-0.2, 0) is 6.42 Å². The molecule has 37 heavy (non-hydrogen) atoms. The zero-order valence-corrected chi connectivity index (χ0v) is 19.9. The average Bonchev–Trinajstić information content (AvgIpc) is 3.28. The Balaban J connectivity index is 1.34. The Kier molecular flexibility index (Phi) is 5.45. The van der Waals surface area contributed by atoms with Gasteiger partial charge in [0.2, 0.25) is 5.95 Å². The van der Waals surface area contributed by atoms with Crippen molar-refractivity contribution in [3.63, 3.8) is 0 Å². The minimum atomic E-state index is -1.07. The molecule has 2 aromatic heterocycles. The first kappa shape index (κ1) is 22.9. The van der Waals surface area contributed by atoms with Gasteiger partial charge in [0.15, 0.2) is 0 Å². The van der Waals surface area contributed by atoms with Crippen LogP contribution in [0.3, 0.4) is 0 Å². The molecule has 1 fully saturated rings. The number of fused-ring (bicyclic) bond motifs is 2. The Morgan fingerprint density at radius 2 is 1.92 bits per heavy atom. The van der Waals surface area contributed by atoms with Gasteiger partial charge in [-0.25, -0.2) is 24.2 Å². The molecule has 3 N–H and O–H groups in total. The standard InChI is InChI=1S/C27H23FN6O3/c1-33-13-17(14-33)34(27(36)37)26-29-22-9-7-16(12-24(22)30-26)20-10-15(6-8-21(20)28)11-23-18-4-2-3-5-19(18)25(35)32-31-23/h2-10,12,17H,11,13-14H2,1H3,(H,29,30)(H,32,35)(H,36,37). The highest BCUT2D eigenvalue weighted by Crippen LogP contribution is 2.30. The minimum Gasteiger partial charge on any atom is -0.465 e.